The summed E-state index contributed by atoms with van der Waals surface area (Å²) in [5, 5.41) is 3.16. The van der Waals surface area contributed by atoms with E-state index < -0.39 is 0 Å². The van der Waals surface area contributed by atoms with Crippen LogP contribution in [0.25, 0.3) is 11.0 Å². The molecule has 0 saturated carbocycles. The van der Waals surface area contributed by atoms with E-state index in [0.29, 0.717) is 5.56 Å². The fourth-order valence-corrected chi connectivity index (χ4v) is 3.17. The predicted octanol–water partition coefficient (Wildman–Crippen LogP) is 3.94. The van der Waals surface area contributed by atoms with Crippen LogP contribution in [0.15, 0.2) is 42.5 Å². The maximum Gasteiger partial charge on any atom is 0.251 e. The zero-order valence-electron chi connectivity index (χ0n) is 15.6. The highest BCUT2D eigenvalue weighted by Gasteiger charge is 2.23. The van der Waals surface area contributed by atoms with Gasteiger partial charge in [0.1, 0.15) is 5.82 Å². The number of hydrogen-bond acceptors (Lipinski definition) is 2. The van der Waals surface area contributed by atoms with Crippen molar-refractivity contribution in [2.75, 3.05) is 0 Å². The number of hydrogen-bond donors (Lipinski definition) is 1. The number of nitrogens with zero attached hydrogens (tertiary/aromatic N) is 2. The van der Waals surface area contributed by atoms with Gasteiger partial charge in [-0.1, -0.05) is 24.3 Å². The Morgan fingerprint density at radius 2 is 1.88 bits per heavy atom. The first-order valence-electron chi connectivity index (χ1n) is 8.57. The first-order chi connectivity index (χ1) is 11.8. The molecule has 0 spiro atoms. The van der Waals surface area contributed by atoms with Crippen LogP contribution in [0.5, 0.6) is 0 Å². The first kappa shape index (κ1) is 17.2. The second-order valence-electron chi connectivity index (χ2n) is 7.36. The summed E-state index contributed by atoms with van der Waals surface area (Å²) in [7, 11) is 1.98. The van der Waals surface area contributed by atoms with E-state index >= 15 is 0 Å². The smallest absolute Gasteiger partial charge is 0.251 e. The van der Waals surface area contributed by atoms with Crippen molar-refractivity contribution in [2.45, 2.75) is 39.7 Å². The molecule has 0 aliphatic heterocycles. The highest BCUT2D eigenvalue weighted by atomic mass is 16.1. The summed E-state index contributed by atoms with van der Waals surface area (Å²) in [6, 6.07) is 14.0. The third kappa shape index (κ3) is 3.58. The normalized spacial score (nSPS) is 11.7. The lowest BCUT2D eigenvalue weighted by Crippen LogP contribution is -2.45. The molecule has 4 nitrogen and oxygen atoms in total. The summed E-state index contributed by atoms with van der Waals surface area (Å²) in [4.78, 5) is 17.2. The SMILES string of the molecule is Cc1ccccc1CC(C)(C)NC(=O)c1ccc2c(c1)nc(C)n2C. The number of imidazole rings is 1. The lowest BCUT2D eigenvalue weighted by Gasteiger charge is -2.27. The van der Waals surface area contributed by atoms with Gasteiger partial charge in [-0.05, 0) is 63.4 Å². The predicted molar refractivity (Wildman–Crippen MR) is 102 cm³/mol. The van der Waals surface area contributed by atoms with Gasteiger partial charge < -0.3 is 9.88 Å². The van der Waals surface area contributed by atoms with Crippen molar-refractivity contribution in [3.63, 3.8) is 0 Å². The van der Waals surface area contributed by atoms with Gasteiger partial charge in [-0.25, -0.2) is 4.98 Å². The number of fused-ring (bicyclic) bond motifs is 1. The van der Waals surface area contributed by atoms with Gasteiger partial charge in [-0.2, -0.15) is 0 Å². The third-order valence-corrected chi connectivity index (χ3v) is 4.71. The molecule has 3 aromatic rings. The van der Waals surface area contributed by atoms with Crippen LogP contribution >= 0.6 is 0 Å². The summed E-state index contributed by atoms with van der Waals surface area (Å²) in [6.07, 6.45) is 0.788. The molecule has 25 heavy (non-hydrogen) atoms. The molecule has 0 fully saturated rings. The van der Waals surface area contributed by atoms with Crippen molar-refractivity contribution >= 4 is 16.9 Å². The number of benzene rings is 2. The highest BCUT2D eigenvalue weighted by molar-refractivity contribution is 5.97. The Morgan fingerprint density at radius 1 is 1.16 bits per heavy atom. The molecule has 0 atom stereocenters. The van der Waals surface area contributed by atoms with Crippen LogP contribution in [0.4, 0.5) is 0 Å². The number of aromatic nitrogens is 2. The van der Waals surface area contributed by atoms with Crippen molar-refractivity contribution in [2.24, 2.45) is 7.05 Å². The molecule has 0 radical (unpaired) electrons. The van der Waals surface area contributed by atoms with Crippen LogP contribution in [-0.2, 0) is 13.5 Å². The summed E-state index contributed by atoms with van der Waals surface area (Å²) < 4.78 is 2.03. The minimum Gasteiger partial charge on any atom is -0.347 e. The Morgan fingerprint density at radius 3 is 2.60 bits per heavy atom. The van der Waals surface area contributed by atoms with E-state index in [-0.39, 0.29) is 11.4 Å². The largest absolute Gasteiger partial charge is 0.347 e. The Balaban J connectivity index is 1.80. The molecule has 0 aliphatic rings. The summed E-state index contributed by atoms with van der Waals surface area (Å²) in [5.74, 6) is 0.872. The van der Waals surface area contributed by atoms with Gasteiger partial charge in [0.15, 0.2) is 0 Å². The molecule has 1 amide bonds. The van der Waals surface area contributed by atoms with Gasteiger partial charge in [0, 0.05) is 18.2 Å². The molecule has 1 N–H and O–H groups in total. The first-order valence-corrected chi connectivity index (χ1v) is 8.57. The van der Waals surface area contributed by atoms with Gasteiger partial charge >= 0.3 is 0 Å². The molecule has 2 aromatic carbocycles. The van der Waals surface area contributed by atoms with Crippen molar-refractivity contribution in [1.82, 2.24) is 14.9 Å². The van der Waals surface area contributed by atoms with E-state index in [1.54, 1.807) is 0 Å². The molecule has 0 unspecified atom stereocenters. The third-order valence-electron chi connectivity index (χ3n) is 4.71. The minimum atomic E-state index is -0.335. The van der Waals surface area contributed by atoms with E-state index in [1.807, 2.05) is 48.9 Å². The molecular formula is C21H25N3O. The maximum atomic E-state index is 12.7. The summed E-state index contributed by atoms with van der Waals surface area (Å²) >= 11 is 0. The number of nitrogens with one attached hydrogen (secondary N) is 1. The average molecular weight is 335 g/mol. The monoisotopic (exact) mass is 335 g/mol. The standard InChI is InChI=1S/C21H25N3O/c1-14-8-6-7-9-17(14)13-21(3,4)23-20(25)16-10-11-19-18(12-16)22-15(2)24(19)5/h6-12H,13H2,1-5H3,(H,23,25). The van der Waals surface area contributed by atoms with Crippen molar-refractivity contribution in [3.8, 4) is 0 Å². The average Bonchev–Trinajstić information content (AvgIpc) is 2.83. The summed E-state index contributed by atoms with van der Waals surface area (Å²) in [5.41, 5.74) is 4.69. The fourth-order valence-electron chi connectivity index (χ4n) is 3.17. The van der Waals surface area contributed by atoms with E-state index in [1.165, 1.54) is 11.1 Å². The topological polar surface area (TPSA) is 46.9 Å². The van der Waals surface area contributed by atoms with Crippen LogP contribution in [0.2, 0.25) is 0 Å². The number of amides is 1. The number of carbonyl (C=O) groups is 1. The molecule has 130 valence electrons. The lowest BCUT2D eigenvalue weighted by atomic mass is 9.92. The minimum absolute atomic E-state index is 0.0659. The maximum absolute atomic E-state index is 12.7. The zero-order chi connectivity index (χ0) is 18.2. The molecular weight excluding hydrogens is 310 g/mol. The van der Waals surface area contributed by atoms with Crippen LogP contribution in [0.3, 0.4) is 0 Å². The number of carbonyl (C=O) groups excluding carboxylic acids is 1. The molecule has 0 aliphatic carbocycles. The Bertz CT molecular complexity index is 937. The highest BCUT2D eigenvalue weighted by Crippen LogP contribution is 2.19. The second-order valence-corrected chi connectivity index (χ2v) is 7.36. The lowest BCUT2D eigenvalue weighted by molar-refractivity contribution is 0.0913. The molecule has 1 aromatic heterocycles. The van der Waals surface area contributed by atoms with Gasteiger partial charge in [0.25, 0.3) is 5.91 Å². The quantitative estimate of drug-likeness (QED) is 0.785. The van der Waals surface area contributed by atoms with Gasteiger partial charge in [-0.3, -0.25) is 4.79 Å². The Kier molecular flexibility index (Phi) is 4.38. The summed E-state index contributed by atoms with van der Waals surface area (Å²) in [6.45, 7) is 8.18. The van der Waals surface area contributed by atoms with Crippen molar-refractivity contribution < 1.29 is 4.79 Å². The van der Waals surface area contributed by atoms with E-state index in [0.717, 1.165) is 23.3 Å². The van der Waals surface area contributed by atoms with Crippen LogP contribution < -0.4 is 5.32 Å². The molecule has 0 saturated heterocycles. The van der Waals surface area contributed by atoms with Crippen LogP contribution in [0.1, 0.15) is 41.2 Å². The molecule has 4 heteroatoms. The molecule has 0 bridgehead atoms. The van der Waals surface area contributed by atoms with Crippen LogP contribution in [0, 0.1) is 13.8 Å². The fraction of sp³-hybridized carbons (Fsp3) is 0.333. The van der Waals surface area contributed by atoms with E-state index in [2.05, 4.69) is 43.2 Å². The van der Waals surface area contributed by atoms with Crippen molar-refractivity contribution in [3.05, 3.63) is 65.0 Å². The van der Waals surface area contributed by atoms with Crippen molar-refractivity contribution in [1.29, 1.82) is 0 Å². The van der Waals surface area contributed by atoms with Gasteiger partial charge in [0.2, 0.25) is 0 Å². The Hall–Kier alpha value is -2.62. The van der Waals surface area contributed by atoms with Gasteiger partial charge in [-0.15, -0.1) is 0 Å². The van der Waals surface area contributed by atoms with E-state index in [9.17, 15) is 4.79 Å². The van der Waals surface area contributed by atoms with Crippen LogP contribution in [-0.4, -0.2) is 21.0 Å². The number of rotatable bonds is 4. The molecule has 1 heterocycles. The molecule has 3 rings (SSSR count). The van der Waals surface area contributed by atoms with Gasteiger partial charge in [0.05, 0.1) is 11.0 Å². The Labute approximate surface area is 148 Å². The van der Waals surface area contributed by atoms with E-state index in [4.69, 9.17) is 0 Å². The zero-order valence-corrected chi connectivity index (χ0v) is 15.6. The second kappa shape index (κ2) is 6.36. The number of aryl methyl sites for hydroxylation is 3.